The third-order valence-electron chi connectivity index (χ3n) is 4.09. The zero-order chi connectivity index (χ0) is 15.2. The summed E-state index contributed by atoms with van der Waals surface area (Å²) in [6, 6.07) is 10.3. The van der Waals surface area contributed by atoms with Gasteiger partial charge in [-0.3, -0.25) is 4.90 Å². The molecule has 3 nitrogen and oxygen atoms in total. The lowest BCUT2D eigenvalue weighted by atomic mass is 10.1. The fourth-order valence-corrected chi connectivity index (χ4v) is 3.84. The molecular weight excluding hydrogens is 363 g/mol. The molecule has 0 amide bonds. The number of fused-ring (bicyclic) bond motifs is 1. The maximum atomic E-state index is 5.84. The second-order valence-electron chi connectivity index (χ2n) is 5.86. The molecule has 0 radical (unpaired) electrons. The molecule has 24 heavy (non-hydrogen) atoms. The Morgan fingerprint density at radius 3 is 2.79 bits per heavy atom. The molecule has 2 aromatic rings. The lowest BCUT2D eigenvalue weighted by molar-refractivity contribution is 0.285. The zero-order valence-electron chi connectivity index (χ0n) is 14.1. The number of aryl methyl sites for hydroxylation is 1. The lowest BCUT2D eigenvalue weighted by Gasteiger charge is -2.13. The molecule has 0 atom stereocenters. The van der Waals surface area contributed by atoms with E-state index in [9.17, 15) is 0 Å². The Hall–Kier alpha value is -0.680. The Morgan fingerprint density at radius 1 is 1.17 bits per heavy atom. The number of para-hydroxylation sites is 1. The van der Waals surface area contributed by atoms with E-state index >= 15 is 0 Å². The molecule has 0 unspecified atom stereocenters. The summed E-state index contributed by atoms with van der Waals surface area (Å²) in [4.78, 5) is 7.13. The maximum Gasteiger partial charge on any atom is 0.214 e. The van der Waals surface area contributed by atoms with Gasteiger partial charge in [0, 0.05) is 29.6 Å². The molecule has 2 heterocycles. The molecule has 1 saturated heterocycles. The van der Waals surface area contributed by atoms with E-state index in [-0.39, 0.29) is 24.8 Å². The minimum atomic E-state index is 0. The Labute approximate surface area is 161 Å². The van der Waals surface area contributed by atoms with Crippen LogP contribution in [-0.4, -0.2) is 41.2 Å². The highest BCUT2D eigenvalue weighted by Crippen LogP contribution is 2.21. The monoisotopic (exact) mass is 388 g/mol. The molecule has 1 fully saturated rings. The van der Waals surface area contributed by atoms with E-state index in [1.165, 1.54) is 48.5 Å². The molecule has 3 rings (SSSR count). The SMILES string of the molecule is Cc1cc(OCCCCCN2CCSC2)nc2ccccc12.Cl.Cl. The predicted molar refractivity (Wildman–Crippen MR) is 109 cm³/mol. The first-order chi connectivity index (χ1) is 10.8. The van der Waals surface area contributed by atoms with Crippen LogP contribution in [0.4, 0.5) is 0 Å². The summed E-state index contributed by atoms with van der Waals surface area (Å²) in [5.74, 6) is 3.28. The molecule has 0 spiro atoms. The predicted octanol–water partition coefficient (Wildman–Crippen LogP) is 4.94. The Morgan fingerprint density at radius 2 is 2.00 bits per heavy atom. The van der Waals surface area contributed by atoms with Crippen molar-refractivity contribution < 1.29 is 4.74 Å². The third-order valence-corrected chi connectivity index (χ3v) is 5.11. The smallest absolute Gasteiger partial charge is 0.214 e. The Bertz CT molecular complexity index is 621. The summed E-state index contributed by atoms with van der Waals surface area (Å²) in [6.07, 6.45) is 3.61. The van der Waals surface area contributed by atoms with E-state index in [2.05, 4.69) is 28.9 Å². The largest absolute Gasteiger partial charge is 0.478 e. The summed E-state index contributed by atoms with van der Waals surface area (Å²) in [5, 5.41) is 1.21. The van der Waals surface area contributed by atoms with E-state index in [1.54, 1.807) is 0 Å². The number of halogens is 2. The van der Waals surface area contributed by atoms with Crippen molar-refractivity contribution in [2.75, 3.05) is 31.3 Å². The Kier molecular flexibility index (Phi) is 9.82. The van der Waals surface area contributed by atoms with Gasteiger partial charge >= 0.3 is 0 Å². The van der Waals surface area contributed by atoms with E-state index in [4.69, 9.17) is 4.74 Å². The fraction of sp³-hybridized carbons (Fsp3) is 0.500. The topological polar surface area (TPSA) is 25.4 Å². The zero-order valence-corrected chi connectivity index (χ0v) is 16.5. The molecule has 1 aromatic heterocycles. The van der Waals surface area contributed by atoms with E-state index in [0.717, 1.165) is 24.4 Å². The van der Waals surface area contributed by atoms with Crippen LogP contribution in [0.2, 0.25) is 0 Å². The molecule has 134 valence electrons. The van der Waals surface area contributed by atoms with Crippen LogP contribution in [0, 0.1) is 6.92 Å². The molecule has 1 aliphatic heterocycles. The summed E-state index contributed by atoms with van der Waals surface area (Å²) in [6.45, 7) is 5.38. The number of ether oxygens (including phenoxy) is 1. The fourth-order valence-electron chi connectivity index (χ4n) is 2.81. The van der Waals surface area contributed by atoms with Crippen LogP contribution in [-0.2, 0) is 0 Å². The van der Waals surface area contributed by atoms with Crippen molar-refractivity contribution in [3.63, 3.8) is 0 Å². The normalized spacial score (nSPS) is 14.2. The number of nitrogens with zero attached hydrogens (tertiary/aromatic N) is 2. The van der Waals surface area contributed by atoms with Crippen LogP contribution in [0.3, 0.4) is 0 Å². The van der Waals surface area contributed by atoms with Crippen LogP contribution < -0.4 is 4.74 Å². The summed E-state index contributed by atoms with van der Waals surface area (Å²) < 4.78 is 5.84. The molecule has 6 heteroatoms. The number of hydrogen-bond donors (Lipinski definition) is 0. The molecule has 0 N–H and O–H groups in total. The highest BCUT2D eigenvalue weighted by atomic mass is 35.5. The molecule has 0 saturated carbocycles. The van der Waals surface area contributed by atoms with E-state index < -0.39 is 0 Å². The molecular formula is C18H26Cl2N2OS. The quantitative estimate of drug-likeness (QED) is 0.626. The minimum Gasteiger partial charge on any atom is -0.478 e. The first-order valence-electron chi connectivity index (χ1n) is 8.12. The minimum absolute atomic E-state index is 0. The average molecular weight is 389 g/mol. The van der Waals surface area contributed by atoms with Crippen molar-refractivity contribution >= 4 is 47.5 Å². The van der Waals surface area contributed by atoms with Crippen molar-refractivity contribution in [3.05, 3.63) is 35.9 Å². The van der Waals surface area contributed by atoms with Crippen LogP contribution in [0.25, 0.3) is 10.9 Å². The first kappa shape index (κ1) is 21.4. The second-order valence-corrected chi connectivity index (χ2v) is 6.93. The van der Waals surface area contributed by atoms with Gasteiger partial charge in [-0.2, -0.15) is 0 Å². The van der Waals surface area contributed by atoms with Crippen LogP contribution in [0.1, 0.15) is 24.8 Å². The van der Waals surface area contributed by atoms with Gasteiger partial charge in [0.1, 0.15) is 0 Å². The van der Waals surface area contributed by atoms with Gasteiger partial charge in [0.25, 0.3) is 0 Å². The van der Waals surface area contributed by atoms with Crippen molar-refractivity contribution in [1.82, 2.24) is 9.88 Å². The number of rotatable bonds is 7. The van der Waals surface area contributed by atoms with Crippen LogP contribution >= 0.6 is 36.6 Å². The van der Waals surface area contributed by atoms with E-state index in [0.29, 0.717) is 0 Å². The first-order valence-corrected chi connectivity index (χ1v) is 9.28. The highest BCUT2D eigenvalue weighted by Gasteiger charge is 2.10. The van der Waals surface area contributed by atoms with Crippen molar-refractivity contribution in [2.24, 2.45) is 0 Å². The maximum absolute atomic E-state index is 5.84. The average Bonchev–Trinajstić information content (AvgIpc) is 3.04. The number of hydrogen-bond acceptors (Lipinski definition) is 4. The third kappa shape index (κ3) is 5.99. The van der Waals surface area contributed by atoms with Gasteiger partial charge in [0.2, 0.25) is 5.88 Å². The highest BCUT2D eigenvalue weighted by molar-refractivity contribution is 7.99. The lowest BCUT2D eigenvalue weighted by Crippen LogP contribution is -2.20. The van der Waals surface area contributed by atoms with Gasteiger partial charge in [-0.05, 0) is 44.4 Å². The Balaban J connectivity index is 0.00000144. The molecule has 0 aliphatic carbocycles. The van der Waals surface area contributed by atoms with Crippen molar-refractivity contribution in [1.29, 1.82) is 0 Å². The number of unbranched alkanes of at least 4 members (excludes halogenated alkanes) is 2. The molecule has 1 aliphatic rings. The van der Waals surface area contributed by atoms with Gasteiger partial charge < -0.3 is 4.74 Å². The number of aromatic nitrogens is 1. The van der Waals surface area contributed by atoms with Crippen LogP contribution in [0.15, 0.2) is 30.3 Å². The molecule has 1 aromatic carbocycles. The summed E-state index contributed by atoms with van der Waals surface area (Å²) in [5.41, 5.74) is 2.25. The van der Waals surface area contributed by atoms with Gasteiger partial charge in [-0.1, -0.05) is 18.2 Å². The van der Waals surface area contributed by atoms with Gasteiger partial charge in [-0.15, -0.1) is 36.6 Å². The summed E-state index contributed by atoms with van der Waals surface area (Å²) in [7, 11) is 0. The van der Waals surface area contributed by atoms with Gasteiger partial charge in [-0.25, -0.2) is 4.98 Å². The van der Waals surface area contributed by atoms with Crippen LogP contribution in [0.5, 0.6) is 5.88 Å². The van der Waals surface area contributed by atoms with Gasteiger partial charge in [0.15, 0.2) is 0 Å². The number of benzene rings is 1. The second kappa shape index (κ2) is 11.0. The van der Waals surface area contributed by atoms with Gasteiger partial charge in [0.05, 0.1) is 12.1 Å². The van der Waals surface area contributed by atoms with Crippen molar-refractivity contribution in [2.45, 2.75) is 26.2 Å². The van der Waals surface area contributed by atoms with E-state index in [1.807, 2.05) is 30.0 Å². The number of thioether (sulfide) groups is 1. The standard InChI is InChI=1S/C18H24N2OS.2ClH/c1-15-13-18(19-17-8-4-3-7-16(15)17)21-11-6-2-5-9-20-10-12-22-14-20;;/h3-4,7-8,13H,2,5-6,9-12,14H2,1H3;2*1H. The summed E-state index contributed by atoms with van der Waals surface area (Å²) >= 11 is 2.04. The number of pyridine rings is 1. The molecule has 0 bridgehead atoms. The van der Waals surface area contributed by atoms with Crippen molar-refractivity contribution in [3.8, 4) is 5.88 Å².